The first kappa shape index (κ1) is 17.9. The Morgan fingerprint density at radius 1 is 1.17 bits per heavy atom. The molecule has 0 atom stereocenters. The van der Waals surface area contributed by atoms with Crippen molar-refractivity contribution in [3.8, 4) is 5.13 Å². The molecule has 0 bridgehead atoms. The number of rotatable bonds is 3. The molecular weight excluding hydrogens is 408 g/mol. The zero-order valence-electron chi connectivity index (χ0n) is 15.6. The number of furan rings is 1. The zero-order valence-corrected chi connectivity index (χ0v) is 17.1. The normalized spacial score (nSPS) is 11.4. The van der Waals surface area contributed by atoms with Gasteiger partial charge in [0.15, 0.2) is 5.76 Å². The lowest BCUT2D eigenvalue weighted by Gasteiger charge is -2.04. The van der Waals surface area contributed by atoms with Gasteiger partial charge in [0.1, 0.15) is 11.4 Å². The Bertz CT molecular complexity index is 1330. The van der Waals surface area contributed by atoms with E-state index in [1.54, 1.807) is 16.8 Å². The number of nitrogens with zero attached hydrogens (tertiary/aromatic N) is 3. The molecule has 1 N–H and O–H groups in total. The summed E-state index contributed by atoms with van der Waals surface area (Å²) < 4.78 is 8.18. The van der Waals surface area contributed by atoms with E-state index < -0.39 is 0 Å². The highest BCUT2D eigenvalue weighted by Gasteiger charge is 2.19. The minimum absolute atomic E-state index is 0.236. The Balaban J connectivity index is 1.53. The second kappa shape index (κ2) is 6.72. The Kier molecular flexibility index (Phi) is 4.15. The van der Waals surface area contributed by atoms with Crippen LogP contribution in [0.5, 0.6) is 0 Å². The van der Waals surface area contributed by atoms with Crippen LogP contribution >= 0.6 is 22.9 Å². The summed E-state index contributed by atoms with van der Waals surface area (Å²) in [5.41, 5.74) is 3.29. The van der Waals surface area contributed by atoms with Crippen LogP contribution in [-0.2, 0) is 0 Å². The maximum Gasteiger partial charge on any atom is 0.292 e. The van der Waals surface area contributed by atoms with Crippen LogP contribution in [0.25, 0.3) is 26.3 Å². The molecule has 0 aliphatic carbocycles. The van der Waals surface area contributed by atoms with Crippen LogP contribution in [0, 0.1) is 13.8 Å². The van der Waals surface area contributed by atoms with E-state index in [9.17, 15) is 4.79 Å². The molecule has 3 heterocycles. The third-order valence-electron chi connectivity index (χ3n) is 4.59. The highest BCUT2D eigenvalue weighted by Crippen LogP contribution is 2.34. The van der Waals surface area contributed by atoms with Crippen molar-refractivity contribution in [2.45, 2.75) is 13.8 Å². The van der Waals surface area contributed by atoms with Gasteiger partial charge in [-0.2, -0.15) is 9.78 Å². The van der Waals surface area contributed by atoms with E-state index in [-0.39, 0.29) is 11.7 Å². The quantitative estimate of drug-likeness (QED) is 0.401. The molecule has 29 heavy (non-hydrogen) atoms. The van der Waals surface area contributed by atoms with Crippen molar-refractivity contribution < 1.29 is 9.21 Å². The lowest BCUT2D eigenvalue weighted by molar-refractivity contribution is 0.0998. The molecule has 2 aromatic carbocycles. The summed E-state index contributed by atoms with van der Waals surface area (Å²) in [5.74, 6) is 0.401. The zero-order chi connectivity index (χ0) is 20.1. The van der Waals surface area contributed by atoms with Crippen LogP contribution in [0.1, 0.15) is 21.8 Å². The summed E-state index contributed by atoms with van der Waals surface area (Å²) in [4.78, 5) is 17.5. The number of anilines is 1. The number of nitrogens with one attached hydrogen (secondary N) is 1. The summed E-state index contributed by atoms with van der Waals surface area (Å²) >= 11 is 7.76. The van der Waals surface area contributed by atoms with Crippen LogP contribution in [0.3, 0.4) is 0 Å². The second-order valence-corrected chi connectivity index (χ2v) is 8.11. The number of hydrogen-bond acceptors (Lipinski definition) is 5. The van der Waals surface area contributed by atoms with Gasteiger partial charge in [-0.05, 0) is 37.6 Å². The predicted octanol–water partition coefficient (Wildman–Crippen LogP) is 5.75. The fraction of sp³-hybridized carbons (Fsp3) is 0.0952. The number of carbonyl (C=O) groups excluding carboxylic acids is 1. The van der Waals surface area contributed by atoms with Crippen molar-refractivity contribution in [3.05, 3.63) is 70.6 Å². The topological polar surface area (TPSA) is 73.0 Å². The highest BCUT2D eigenvalue weighted by molar-refractivity contribution is 7.21. The standard InChI is InChI=1S/C21H15ClN4O2S/c1-11-7-8-14(22)19-18(11)24-21(29-19)26-17(9-12(2)25-26)23-20(27)16-10-13-5-3-4-6-15(13)28-16/h3-10H,1-2H3,(H,23,27). The number of benzene rings is 2. The van der Waals surface area contributed by atoms with Crippen LogP contribution in [-0.4, -0.2) is 20.7 Å². The Morgan fingerprint density at radius 3 is 2.79 bits per heavy atom. The first-order valence-electron chi connectivity index (χ1n) is 8.92. The van der Waals surface area contributed by atoms with Gasteiger partial charge in [-0.1, -0.05) is 47.2 Å². The Morgan fingerprint density at radius 2 is 2.00 bits per heavy atom. The van der Waals surface area contributed by atoms with E-state index in [1.807, 2.05) is 50.2 Å². The number of para-hydroxylation sites is 1. The monoisotopic (exact) mass is 422 g/mol. The fourth-order valence-electron chi connectivity index (χ4n) is 3.19. The molecule has 0 aliphatic heterocycles. The van der Waals surface area contributed by atoms with E-state index in [0.717, 1.165) is 26.9 Å². The van der Waals surface area contributed by atoms with Crippen molar-refractivity contribution in [2.24, 2.45) is 0 Å². The van der Waals surface area contributed by atoms with Crippen molar-refractivity contribution in [1.29, 1.82) is 0 Å². The van der Waals surface area contributed by atoms with Gasteiger partial charge in [0.2, 0.25) is 5.13 Å². The van der Waals surface area contributed by atoms with Gasteiger partial charge in [-0.3, -0.25) is 4.79 Å². The van der Waals surface area contributed by atoms with Gasteiger partial charge < -0.3 is 9.73 Å². The molecule has 0 aliphatic rings. The van der Waals surface area contributed by atoms with E-state index in [2.05, 4.69) is 10.4 Å². The fourth-order valence-corrected chi connectivity index (χ4v) is 4.47. The van der Waals surface area contributed by atoms with Gasteiger partial charge in [0, 0.05) is 11.5 Å². The highest BCUT2D eigenvalue weighted by atomic mass is 35.5. The SMILES string of the molecule is Cc1cc(NC(=O)c2cc3ccccc3o2)n(-c2nc3c(C)ccc(Cl)c3s2)n1. The van der Waals surface area contributed by atoms with E-state index >= 15 is 0 Å². The lowest BCUT2D eigenvalue weighted by Crippen LogP contribution is -2.14. The average molecular weight is 423 g/mol. The minimum atomic E-state index is -0.349. The molecule has 0 spiro atoms. The second-order valence-electron chi connectivity index (χ2n) is 6.72. The molecule has 1 amide bonds. The summed E-state index contributed by atoms with van der Waals surface area (Å²) in [6, 6.07) is 14.8. The van der Waals surface area contributed by atoms with Gasteiger partial charge in [0.25, 0.3) is 5.91 Å². The van der Waals surface area contributed by atoms with Gasteiger partial charge >= 0.3 is 0 Å². The predicted molar refractivity (Wildman–Crippen MR) is 115 cm³/mol. The smallest absolute Gasteiger partial charge is 0.292 e. The number of thiazole rings is 1. The van der Waals surface area contributed by atoms with Gasteiger partial charge in [-0.25, -0.2) is 4.98 Å². The molecule has 6 nitrogen and oxygen atoms in total. The summed E-state index contributed by atoms with van der Waals surface area (Å²) in [6.07, 6.45) is 0. The van der Waals surface area contributed by atoms with Gasteiger partial charge in [-0.15, -0.1) is 0 Å². The first-order valence-corrected chi connectivity index (χ1v) is 10.1. The van der Waals surface area contributed by atoms with Crippen LogP contribution in [0.15, 0.2) is 52.9 Å². The maximum absolute atomic E-state index is 12.8. The minimum Gasteiger partial charge on any atom is -0.451 e. The molecule has 0 saturated heterocycles. The molecule has 3 aromatic heterocycles. The molecule has 0 fully saturated rings. The Hall–Kier alpha value is -3.16. The number of carbonyl (C=O) groups is 1. The van der Waals surface area contributed by atoms with Gasteiger partial charge in [0.05, 0.1) is 20.9 Å². The molecule has 0 unspecified atom stereocenters. The summed E-state index contributed by atoms with van der Waals surface area (Å²) in [6.45, 7) is 3.85. The molecule has 5 rings (SSSR count). The molecule has 0 radical (unpaired) electrons. The largest absolute Gasteiger partial charge is 0.451 e. The third kappa shape index (κ3) is 3.08. The Labute approximate surface area is 174 Å². The number of halogens is 1. The number of amides is 1. The van der Waals surface area contributed by atoms with E-state index in [0.29, 0.717) is 21.6 Å². The number of hydrogen-bond donors (Lipinski definition) is 1. The van der Waals surface area contributed by atoms with Crippen molar-refractivity contribution in [1.82, 2.24) is 14.8 Å². The van der Waals surface area contributed by atoms with E-state index in [1.165, 1.54) is 11.3 Å². The number of aryl methyl sites for hydroxylation is 2. The molecular formula is C21H15ClN4O2S. The lowest BCUT2D eigenvalue weighted by atomic mass is 10.2. The molecule has 8 heteroatoms. The summed E-state index contributed by atoms with van der Waals surface area (Å²) in [7, 11) is 0. The molecule has 5 aromatic rings. The summed E-state index contributed by atoms with van der Waals surface area (Å²) in [5, 5.41) is 9.53. The van der Waals surface area contributed by atoms with E-state index in [4.69, 9.17) is 21.0 Å². The van der Waals surface area contributed by atoms with Crippen molar-refractivity contribution in [3.63, 3.8) is 0 Å². The van der Waals surface area contributed by atoms with Crippen LogP contribution < -0.4 is 5.32 Å². The molecule has 144 valence electrons. The van der Waals surface area contributed by atoms with Crippen molar-refractivity contribution >= 4 is 55.8 Å². The van der Waals surface area contributed by atoms with Crippen molar-refractivity contribution in [2.75, 3.05) is 5.32 Å². The number of fused-ring (bicyclic) bond motifs is 2. The van der Waals surface area contributed by atoms with Crippen LogP contribution in [0.4, 0.5) is 5.82 Å². The number of aromatic nitrogens is 3. The first-order chi connectivity index (χ1) is 14.0. The maximum atomic E-state index is 12.8. The average Bonchev–Trinajstić information content (AvgIpc) is 3.41. The third-order valence-corrected chi connectivity index (χ3v) is 6.08. The molecule has 0 saturated carbocycles. The van der Waals surface area contributed by atoms with Crippen LogP contribution in [0.2, 0.25) is 5.02 Å².